The summed E-state index contributed by atoms with van der Waals surface area (Å²) >= 11 is 0. The van der Waals surface area contributed by atoms with Crippen LogP contribution in [-0.2, 0) is 11.8 Å². The van der Waals surface area contributed by atoms with Gasteiger partial charge in [-0.05, 0) is 49.2 Å². The zero-order valence-corrected chi connectivity index (χ0v) is 13.9. The summed E-state index contributed by atoms with van der Waals surface area (Å²) in [5, 5.41) is 18.2. The fourth-order valence-electron chi connectivity index (χ4n) is 4.43. The zero-order chi connectivity index (χ0) is 16.4. The number of hydrogen-bond acceptors (Lipinski definition) is 4. The van der Waals surface area contributed by atoms with Gasteiger partial charge in [-0.1, -0.05) is 30.3 Å². The number of hydrogen-bond donors (Lipinski definition) is 3. The Labute approximate surface area is 143 Å². The lowest BCUT2D eigenvalue weighted by Crippen LogP contribution is -2.48. The van der Waals surface area contributed by atoms with E-state index >= 15 is 0 Å². The molecule has 2 heterocycles. The fraction of sp³-hybridized carbons (Fsp3) is 0.450. The van der Waals surface area contributed by atoms with Gasteiger partial charge >= 0.3 is 0 Å². The molecular weight excluding hydrogens is 298 g/mol. The average molecular weight is 323 g/mol. The van der Waals surface area contributed by atoms with Gasteiger partial charge < -0.3 is 15.7 Å². The number of nitrogens with one attached hydrogen (secondary N) is 2. The van der Waals surface area contributed by atoms with Gasteiger partial charge in [0.15, 0.2) is 0 Å². The quantitative estimate of drug-likeness (QED) is 0.805. The van der Waals surface area contributed by atoms with Crippen LogP contribution in [0.2, 0.25) is 0 Å². The first kappa shape index (κ1) is 15.8. The Kier molecular flexibility index (Phi) is 4.35. The first-order chi connectivity index (χ1) is 11.8. The lowest BCUT2D eigenvalue weighted by atomic mass is 9.72. The van der Waals surface area contributed by atoms with Crippen LogP contribution in [-0.4, -0.2) is 35.8 Å². The van der Waals surface area contributed by atoms with Crippen LogP contribution in [0.3, 0.4) is 0 Å². The third kappa shape index (κ3) is 2.65. The molecule has 1 aliphatic carbocycles. The molecule has 2 aliphatic rings. The molecule has 126 valence electrons. The van der Waals surface area contributed by atoms with Gasteiger partial charge in [0.2, 0.25) is 0 Å². The van der Waals surface area contributed by atoms with E-state index in [-0.39, 0.29) is 17.6 Å². The average Bonchev–Trinajstić information content (AvgIpc) is 2.86. The highest BCUT2D eigenvalue weighted by Gasteiger charge is 2.51. The van der Waals surface area contributed by atoms with Gasteiger partial charge in [-0.15, -0.1) is 0 Å². The van der Waals surface area contributed by atoms with E-state index in [0.29, 0.717) is 0 Å². The number of piperidine rings is 1. The summed E-state index contributed by atoms with van der Waals surface area (Å²) in [6, 6.07) is 14.6. The summed E-state index contributed by atoms with van der Waals surface area (Å²) in [7, 11) is 0. The van der Waals surface area contributed by atoms with Gasteiger partial charge in [0, 0.05) is 30.3 Å². The SMILES string of the molecule is O[C@@H]1[C@@H](NCCc2ccccn2)c2ccccc2C12CCNCC2. The second kappa shape index (κ2) is 6.63. The Hall–Kier alpha value is -1.75. The lowest BCUT2D eigenvalue weighted by Gasteiger charge is -2.39. The van der Waals surface area contributed by atoms with Crippen molar-refractivity contribution in [2.75, 3.05) is 19.6 Å². The molecule has 4 rings (SSSR count). The van der Waals surface area contributed by atoms with E-state index in [0.717, 1.165) is 44.6 Å². The molecule has 24 heavy (non-hydrogen) atoms. The molecule has 1 fully saturated rings. The summed E-state index contributed by atoms with van der Waals surface area (Å²) in [6.45, 7) is 2.78. The molecule has 4 nitrogen and oxygen atoms in total. The van der Waals surface area contributed by atoms with Crippen molar-refractivity contribution < 1.29 is 5.11 Å². The van der Waals surface area contributed by atoms with E-state index in [1.165, 1.54) is 11.1 Å². The number of pyridine rings is 1. The minimum absolute atomic E-state index is 0.0167. The molecule has 0 bridgehead atoms. The second-order valence-electron chi connectivity index (χ2n) is 6.94. The molecule has 3 N–H and O–H groups in total. The maximum absolute atomic E-state index is 11.2. The van der Waals surface area contributed by atoms with Crippen LogP contribution in [0, 0.1) is 0 Å². The molecule has 2 atom stereocenters. The molecule has 0 saturated carbocycles. The molecule has 1 saturated heterocycles. The van der Waals surface area contributed by atoms with Crippen LogP contribution < -0.4 is 10.6 Å². The summed E-state index contributed by atoms with van der Waals surface area (Å²) in [4.78, 5) is 4.38. The molecule has 1 aliphatic heterocycles. The van der Waals surface area contributed by atoms with Crippen molar-refractivity contribution in [1.29, 1.82) is 0 Å². The summed E-state index contributed by atoms with van der Waals surface area (Å²) in [5.74, 6) is 0. The highest BCUT2D eigenvalue weighted by atomic mass is 16.3. The molecule has 0 radical (unpaired) electrons. The maximum atomic E-state index is 11.2. The largest absolute Gasteiger partial charge is 0.390 e. The van der Waals surface area contributed by atoms with Crippen LogP contribution in [0.15, 0.2) is 48.7 Å². The molecule has 4 heteroatoms. The normalized spacial score (nSPS) is 24.9. The Bertz CT molecular complexity index is 682. The van der Waals surface area contributed by atoms with Crippen molar-refractivity contribution in [1.82, 2.24) is 15.6 Å². The van der Waals surface area contributed by atoms with Crippen LogP contribution in [0.4, 0.5) is 0 Å². The van der Waals surface area contributed by atoms with Crippen molar-refractivity contribution in [3.63, 3.8) is 0 Å². The number of rotatable bonds is 4. The van der Waals surface area contributed by atoms with Crippen molar-refractivity contribution in [2.45, 2.75) is 36.8 Å². The number of aliphatic hydroxyl groups is 1. The van der Waals surface area contributed by atoms with Gasteiger partial charge in [0.05, 0.1) is 12.1 Å². The predicted octanol–water partition coefficient (Wildman–Crippen LogP) is 1.95. The van der Waals surface area contributed by atoms with E-state index < -0.39 is 0 Å². The van der Waals surface area contributed by atoms with Crippen molar-refractivity contribution in [2.24, 2.45) is 0 Å². The smallest absolute Gasteiger partial charge is 0.0832 e. The highest BCUT2D eigenvalue weighted by Crippen LogP contribution is 2.49. The number of aliphatic hydroxyl groups excluding tert-OH is 1. The van der Waals surface area contributed by atoms with E-state index in [1.54, 1.807) is 0 Å². The monoisotopic (exact) mass is 323 g/mol. The van der Waals surface area contributed by atoms with Gasteiger partial charge in [0.1, 0.15) is 0 Å². The van der Waals surface area contributed by atoms with Crippen molar-refractivity contribution in [3.8, 4) is 0 Å². The Morgan fingerprint density at radius 3 is 2.71 bits per heavy atom. The third-order valence-electron chi connectivity index (χ3n) is 5.68. The van der Waals surface area contributed by atoms with Crippen molar-refractivity contribution >= 4 is 0 Å². The molecule has 1 aromatic heterocycles. The van der Waals surface area contributed by atoms with Crippen molar-refractivity contribution in [3.05, 3.63) is 65.5 Å². The maximum Gasteiger partial charge on any atom is 0.0832 e. The topological polar surface area (TPSA) is 57.2 Å². The number of benzene rings is 1. The summed E-state index contributed by atoms with van der Waals surface area (Å²) < 4.78 is 0. The van der Waals surface area contributed by atoms with E-state index in [4.69, 9.17) is 0 Å². The van der Waals surface area contributed by atoms with E-state index in [9.17, 15) is 5.11 Å². The van der Waals surface area contributed by atoms with Crippen LogP contribution in [0.25, 0.3) is 0 Å². The molecule has 2 aromatic rings. The highest BCUT2D eigenvalue weighted by molar-refractivity contribution is 5.45. The first-order valence-electron chi connectivity index (χ1n) is 8.93. The van der Waals surface area contributed by atoms with Crippen LogP contribution in [0.1, 0.15) is 35.7 Å². The van der Waals surface area contributed by atoms with Gasteiger partial charge in [0.25, 0.3) is 0 Å². The first-order valence-corrected chi connectivity index (χ1v) is 8.93. The minimum atomic E-state index is -0.360. The standard InChI is InChI=1S/C20H25N3O/c24-19-18(23-12-8-15-5-3-4-11-22-15)16-6-1-2-7-17(16)20(19)9-13-21-14-10-20/h1-7,11,18-19,21,23-24H,8-10,12-14H2/t18-,19+/m0/s1. The molecule has 1 spiro atoms. The molecule has 0 unspecified atom stereocenters. The number of fused-ring (bicyclic) bond motifs is 2. The van der Waals surface area contributed by atoms with Gasteiger partial charge in [-0.3, -0.25) is 4.98 Å². The predicted molar refractivity (Wildman–Crippen MR) is 94.9 cm³/mol. The molecule has 0 amide bonds. The zero-order valence-electron chi connectivity index (χ0n) is 13.9. The molecular formula is C20H25N3O. The molecule has 1 aromatic carbocycles. The third-order valence-corrected chi connectivity index (χ3v) is 5.68. The number of nitrogens with zero attached hydrogens (tertiary/aromatic N) is 1. The Morgan fingerprint density at radius 2 is 1.92 bits per heavy atom. The van der Waals surface area contributed by atoms with E-state index in [2.05, 4.69) is 45.9 Å². The summed E-state index contributed by atoms with van der Waals surface area (Å²) in [6.07, 6.45) is 4.35. The van der Waals surface area contributed by atoms with Crippen LogP contribution >= 0.6 is 0 Å². The van der Waals surface area contributed by atoms with E-state index in [1.807, 2.05) is 18.3 Å². The number of aromatic nitrogens is 1. The Balaban J connectivity index is 1.53. The summed E-state index contributed by atoms with van der Waals surface area (Å²) in [5.41, 5.74) is 3.61. The lowest BCUT2D eigenvalue weighted by molar-refractivity contribution is 0.0445. The second-order valence-corrected chi connectivity index (χ2v) is 6.94. The van der Waals surface area contributed by atoms with Gasteiger partial charge in [-0.2, -0.15) is 0 Å². The van der Waals surface area contributed by atoms with Crippen LogP contribution in [0.5, 0.6) is 0 Å². The fourth-order valence-corrected chi connectivity index (χ4v) is 4.43. The Morgan fingerprint density at radius 1 is 1.12 bits per heavy atom. The minimum Gasteiger partial charge on any atom is -0.390 e. The van der Waals surface area contributed by atoms with Gasteiger partial charge in [-0.25, -0.2) is 0 Å².